The van der Waals surface area contributed by atoms with E-state index in [0.717, 1.165) is 16.5 Å². The Kier molecular flexibility index (Phi) is 6.69. The third-order valence-corrected chi connectivity index (χ3v) is 4.43. The summed E-state index contributed by atoms with van der Waals surface area (Å²) in [6.45, 7) is 0.971. The number of aromatic amines is 1. The van der Waals surface area contributed by atoms with E-state index in [4.69, 9.17) is 9.47 Å². The van der Waals surface area contributed by atoms with Gasteiger partial charge in [-0.1, -0.05) is 18.2 Å². The fraction of sp³-hybridized carbons (Fsp3) is 0.227. The lowest BCUT2D eigenvalue weighted by molar-refractivity contribution is -0.147. The average Bonchev–Trinajstić information content (AvgIpc) is 3.14. The number of carbonyl (C=O) groups excluding carboxylic acids is 3. The molecule has 2 amide bonds. The largest absolute Gasteiger partial charge is 0.495 e. The number of hydrogen-bond acceptors (Lipinski definition) is 5. The number of benzene rings is 2. The lowest BCUT2D eigenvalue weighted by atomic mass is 10.1. The monoisotopic (exact) mass is 409 g/mol. The molecular weight excluding hydrogens is 386 g/mol. The van der Waals surface area contributed by atoms with Gasteiger partial charge in [0.05, 0.1) is 12.8 Å². The molecule has 0 bridgehead atoms. The molecule has 0 aliphatic carbocycles. The van der Waals surface area contributed by atoms with Crippen molar-refractivity contribution in [2.75, 3.05) is 24.4 Å². The SMILES string of the molecule is COc1ccc(NC(C)=O)cc1NC(=O)COC(=O)CCc1c[nH]c2ccccc12. The molecule has 3 N–H and O–H groups in total. The van der Waals surface area contributed by atoms with Crippen LogP contribution in [0.2, 0.25) is 0 Å². The zero-order valence-corrected chi connectivity index (χ0v) is 16.8. The number of esters is 1. The first kappa shape index (κ1) is 20.9. The number of rotatable bonds is 8. The molecule has 3 aromatic rings. The number of anilines is 2. The Hall–Kier alpha value is -3.81. The van der Waals surface area contributed by atoms with Gasteiger partial charge in [0, 0.05) is 36.1 Å². The van der Waals surface area contributed by atoms with Crippen molar-refractivity contribution in [1.82, 2.24) is 4.98 Å². The van der Waals surface area contributed by atoms with Crippen LogP contribution in [0.3, 0.4) is 0 Å². The van der Waals surface area contributed by atoms with Crippen LogP contribution in [0, 0.1) is 0 Å². The van der Waals surface area contributed by atoms with Gasteiger partial charge in [0.2, 0.25) is 5.91 Å². The maximum Gasteiger partial charge on any atom is 0.306 e. The molecule has 0 fully saturated rings. The normalized spacial score (nSPS) is 10.5. The topological polar surface area (TPSA) is 110 Å². The Labute approximate surface area is 173 Å². The van der Waals surface area contributed by atoms with Gasteiger partial charge < -0.3 is 25.1 Å². The summed E-state index contributed by atoms with van der Waals surface area (Å²) in [6.07, 6.45) is 2.55. The van der Waals surface area contributed by atoms with Crippen LogP contribution in [0.5, 0.6) is 5.75 Å². The number of methoxy groups -OCH3 is 1. The van der Waals surface area contributed by atoms with E-state index in [-0.39, 0.29) is 12.3 Å². The molecule has 0 spiro atoms. The zero-order chi connectivity index (χ0) is 21.5. The number of para-hydroxylation sites is 1. The fourth-order valence-electron chi connectivity index (χ4n) is 3.07. The summed E-state index contributed by atoms with van der Waals surface area (Å²) in [4.78, 5) is 38.6. The predicted molar refractivity (Wildman–Crippen MR) is 114 cm³/mol. The highest BCUT2D eigenvalue weighted by molar-refractivity contribution is 5.96. The van der Waals surface area contributed by atoms with Crippen molar-refractivity contribution >= 4 is 40.1 Å². The zero-order valence-electron chi connectivity index (χ0n) is 16.8. The molecule has 0 unspecified atom stereocenters. The molecule has 0 aliphatic rings. The average molecular weight is 409 g/mol. The Balaban J connectivity index is 1.51. The van der Waals surface area contributed by atoms with Crippen LogP contribution in [-0.2, 0) is 25.5 Å². The Bertz CT molecular complexity index is 1070. The number of fused-ring (bicyclic) bond motifs is 1. The van der Waals surface area contributed by atoms with Gasteiger partial charge in [0.25, 0.3) is 5.91 Å². The van der Waals surface area contributed by atoms with Crippen LogP contribution in [0.25, 0.3) is 10.9 Å². The molecule has 1 aromatic heterocycles. The molecule has 8 heteroatoms. The van der Waals surface area contributed by atoms with Crippen molar-refractivity contribution in [3.8, 4) is 5.75 Å². The van der Waals surface area contributed by atoms with Crippen molar-refractivity contribution < 1.29 is 23.9 Å². The molecule has 0 aliphatic heterocycles. The van der Waals surface area contributed by atoms with Crippen LogP contribution in [0.1, 0.15) is 18.9 Å². The van der Waals surface area contributed by atoms with E-state index in [1.54, 1.807) is 18.2 Å². The first-order chi connectivity index (χ1) is 14.5. The number of aryl methyl sites for hydroxylation is 1. The van der Waals surface area contributed by atoms with E-state index in [1.807, 2.05) is 30.5 Å². The first-order valence-electron chi connectivity index (χ1n) is 9.42. The molecule has 156 valence electrons. The number of hydrogen-bond donors (Lipinski definition) is 3. The molecule has 2 aromatic carbocycles. The number of nitrogens with one attached hydrogen (secondary N) is 3. The van der Waals surface area contributed by atoms with Crippen LogP contribution in [-0.4, -0.2) is 36.5 Å². The smallest absolute Gasteiger partial charge is 0.306 e. The van der Waals surface area contributed by atoms with Crippen LogP contribution >= 0.6 is 0 Å². The standard InChI is InChI=1S/C22H23N3O5/c1-14(26)24-16-8-9-20(29-2)19(11-16)25-21(27)13-30-22(28)10-7-15-12-23-18-6-4-3-5-17(15)18/h3-6,8-9,11-12,23H,7,10,13H2,1-2H3,(H,24,26)(H,25,27). The summed E-state index contributed by atoms with van der Waals surface area (Å²) in [5, 5.41) is 6.32. The molecule has 8 nitrogen and oxygen atoms in total. The van der Waals surface area contributed by atoms with Crippen molar-refractivity contribution in [2.45, 2.75) is 19.8 Å². The van der Waals surface area contributed by atoms with Gasteiger partial charge in [-0.05, 0) is 36.2 Å². The third kappa shape index (κ3) is 5.38. The van der Waals surface area contributed by atoms with Crippen LogP contribution < -0.4 is 15.4 Å². The summed E-state index contributed by atoms with van der Waals surface area (Å²) < 4.78 is 10.3. The van der Waals surface area contributed by atoms with Crippen molar-refractivity contribution in [3.05, 3.63) is 54.2 Å². The second-order valence-electron chi connectivity index (χ2n) is 6.66. The number of carbonyl (C=O) groups is 3. The minimum Gasteiger partial charge on any atom is -0.495 e. The Morgan fingerprint density at radius 3 is 2.63 bits per heavy atom. The maximum atomic E-state index is 12.2. The lowest BCUT2D eigenvalue weighted by Gasteiger charge is -2.12. The quantitative estimate of drug-likeness (QED) is 0.495. The highest BCUT2D eigenvalue weighted by Crippen LogP contribution is 2.27. The molecule has 0 atom stereocenters. The van der Waals surface area contributed by atoms with Crippen LogP contribution in [0.4, 0.5) is 11.4 Å². The van der Waals surface area contributed by atoms with Gasteiger partial charge in [0.1, 0.15) is 5.75 Å². The molecular formula is C22H23N3O5. The first-order valence-corrected chi connectivity index (χ1v) is 9.42. The molecule has 0 saturated carbocycles. The molecule has 3 rings (SSSR count). The predicted octanol–water partition coefficient (Wildman–Crippen LogP) is 3.25. The summed E-state index contributed by atoms with van der Waals surface area (Å²) in [5.74, 6) is -0.784. The van der Waals surface area contributed by atoms with E-state index in [2.05, 4.69) is 15.6 Å². The second kappa shape index (κ2) is 9.60. The van der Waals surface area contributed by atoms with Gasteiger partial charge in [-0.15, -0.1) is 0 Å². The summed E-state index contributed by atoms with van der Waals surface area (Å²) in [7, 11) is 1.47. The van der Waals surface area contributed by atoms with E-state index in [0.29, 0.717) is 23.5 Å². The Morgan fingerprint density at radius 2 is 1.87 bits per heavy atom. The van der Waals surface area contributed by atoms with Gasteiger partial charge in [-0.25, -0.2) is 0 Å². The second-order valence-corrected chi connectivity index (χ2v) is 6.66. The van der Waals surface area contributed by atoms with Gasteiger partial charge in [-0.3, -0.25) is 14.4 Å². The van der Waals surface area contributed by atoms with Gasteiger partial charge in [0.15, 0.2) is 6.61 Å². The summed E-state index contributed by atoms with van der Waals surface area (Å²) in [6, 6.07) is 12.7. The highest BCUT2D eigenvalue weighted by Gasteiger charge is 2.13. The maximum absolute atomic E-state index is 12.2. The molecule has 0 saturated heterocycles. The highest BCUT2D eigenvalue weighted by atomic mass is 16.5. The summed E-state index contributed by atoms with van der Waals surface area (Å²) >= 11 is 0. The van der Waals surface area contributed by atoms with Crippen molar-refractivity contribution in [3.63, 3.8) is 0 Å². The summed E-state index contributed by atoms with van der Waals surface area (Å²) in [5.41, 5.74) is 2.90. The van der Waals surface area contributed by atoms with Crippen LogP contribution in [0.15, 0.2) is 48.7 Å². The minimum atomic E-state index is -0.506. The van der Waals surface area contributed by atoms with E-state index >= 15 is 0 Å². The molecule has 30 heavy (non-hydrogen) atoms. The Morgan fingerprint density at radius 1 is 1.07 bits per heavy atom. The number of aromatic nitrogens is 1. The minimum absolute atomic E-state index is 0.163. The van der Waals surface area contributed by atoms with Crippen molar-refractivity contribution in [2.24, 2.45) is 0 Å². The van der Waals surface area contributed by atoms with Gasteiger partial charge in [-0.2, -0.15) is 0 Å². The third-order valence-electron chi connectivity index (χ3n) is 4.43. The number of amides is 2. The van der Waals surface area contributed by atoms with E-state index in [1.165, 1.54) is 14.0 Å². The number of H-pyrrole nitrogens is 1. The van der Waals surface area contributed by atoms with Crippen molar-refractivity contribution in [1.29, 1.82) is 0 Å². The lowest BCUT2D eigenvalue weighted by Crippen LogP contribution is -2.21. The fourth-order valence-corrected chi connectivity index (χ4v) is 3.07. The molecule has 1 heterocycles. The van der Waals surface area contributed by atoms with E-state index in [9.17, 15) is 14.4 Å². The number of ether oxygens (including phenoxy) is 2. The van der Waals surface area contributed by atoms with Gasteiger partial charge >= 0.3 is 5.97 Å². The van der Waals surface area contributed by atoms with E-state index < -0.39 is 18.5 Å². The molecule has 0 radical (unpaired) electrons.